The van der Waals surface area contributed by atoms with Gasteiger partial charge in [0.1, 0.15) is 17.5 Å². The summed E-state index contributed by atoms with van der Waals surface area (Å²) in [5.41, 5.74) is 4.06. The molecular weight excluding hydrogens is 338 g/mol. The summed E-state index contributed by atoms with van der Waals surface area (Å²) in [4.78, 5) is 15.1. The molecule has 134 valence electrons. The molecule has 0 fully saturated rings. The topological polar surface area (TPSA) is 58.3 Å². The van der Waals surface area contributed by atoms with E-state index < -0.39 is 0 Å². The molecular formula is C22H19N3O2. The Morgan fingerprint density at radius 1 is 1.07 bits per heavy atom. The third kappa shape index (κ3) is 3.06. The number of hydrogen-bond donors (Lipinski definition) is 0. The van der Waals surface area contributed by atoms with Gasteiger partial charge in [-0.2, -0.15) is 5.26 Å². The van der Waals surface area contributed by atoms with E-state index in [9.17, 15) is 10.1 Å². The molecule has 0 unspecified atom stereocenters. The van der Waals surface area contributed by atoms with Crippen molar-refractivity contribution in [2.75, 3.05) is 13.7 Å². The number of fused-ring (bicyclic) bond motifs is 1. The van der Waals surface area contributed by atoms with Crippen LogP contribution in [0.5, 0.6) is 5.75 Å². The van der Waals surface area contributed by atoms with Gasteiger partial charge in [0.05, 0.1) is 12.7 Å². The van der Waals surface area contributed by atoms with Crippen LogP contribution in [0, 0.1) is 11.3 Å². The van der Waals surface area contributed by atoms with E-state index >= 15 is 0 Å². The van der Waals surface area contributed by atoms with Crippen molar-refractivity contribution in [1.29, 1.82) is 5.26 Å². The maximum atomic E-state index is 13.3. The highest BCUT2D eigenvalue weighted by molar-refractivity contribution is 5.96. The molecule has 1 amide bonds. The Kier molecular flexibility index (Phi) is 4.39. The van der Waals surface area contributed by atoms with E-state index in [2.05, 4.69) is 18.2 Å². The first-order chi connectivity index (χ1) is 13.2. The first-order valence-corrected chi connectivity index (χ1v) is 8.83. The SMILES string of the molecule is COc1ccc(-n2ccc(C#N)c2C(=O)N2CCc3ccccc3C2)cc1. The Balaban J connectivity index is 1.70. The summed E-state index contributed by atoms with van der Waals surface area (Å²) in [5.74, 6) is 0.619. The van der Waals surface area contributed by atoms with Crippen molar-refractivity contribution in [3.8, 4) is 17.5 Å². The number of nitriles is 1. The first kappa shape index (κ1) is 16.9. The molecule has 0 N–H and O–H groups in total. The molecule has 0 bridgehead atoms. The minimum Gasteiger partial charge on any atom is -0.497 e. The van der Waals surface area contributed by atoms with Crippen LogP contribution in [0.2, 0.25) is 0 Å². The van der Waals surface area contributed by atoms with Crippen molar-refractivity contribution in [2.45, 2.75) is 13.0 Å². The average molecular weight is 357 g/mol. The molecule has 27 heavy (non-hydrogen) atoms. The fourth-order valence-electron chi connectivity index (χ4n) is 3.52. The Hall–Kier alpha value is -3.52. The lowest BCUT2D eigenvalue weighted by molar-refractivity contribution is 0.0726. The van der Waals surface area contributed by atoms with Gasteiger partial charge in [0.15, 0.2) is 0 Å². The summed E-state index contributed by atoms with van der Waals surface area (Å²) in [6.45, 7) is 1.21. The molecule has 5 nitrogen and oxygen atoms in total. The summed E-state index contributed by atoms with van der Waals surface area (Å²) in [6, 6.07) is 19.5. The van der Waals surface area contributed by atoms with Gasteiger partial charge in [-0.05, 0) is 47.9 Å². The third-order valence-corrected chi connectivity index (χ3v) is 4.98. The van der Waals surface area contributed by atoms with Crippen LogP contribution in [-0.4, -0.2) is 29.0 Å². The van der Waals surface area contributed by atoms with E-state index in [1.54, 1.807) is 23.9 Å². The highest BCUT2D eigenvalue weighted by Crippen LogP contribution is 2.24. The molecule has 1 aromatic heterocycles. The third-order valence-electron chi connectivity index (χ3n) is 4.98. The van der Waals surface area contributed by atoms with E-state index in [1.807, 2.05) is 41.3 Å². The molecule has 0 radical (unpaired) electrons. The zero-order chi connectivity index (χ0) is 18.8. The smallest absolute Gasteiger partial charge is 0.272 e. The number of amides is 1. The van der Waals surface area contributed by atoms with Gasteiger partial charge >= 0.3 is 0 Å². The molecule has 0 spiro atoms. The van der Waals surface area contributed by atoms with Crippen molar-refractivity contribution < 1.29 is 9.53 Å². The van der Waals surface area contributed by atoms with Gasteiger partial charge < -0.3 is 14.2 Å². The van der Waals surface area contributed by atoms with Crippen molar-refractivity contribution in [1.82, 2.24) is 9.47 Å². The van der Waals surface area contributed by atoms with Gasteiger partial charge in [0.2, 0.25) is 0 Å². The quantitative estimate of drug-likeness (QED) is 0.720. The zero-order valence-corrected chi connectivity index (χ0v) is 15.1. The minimum absolute atomic E-state index is 0.123. The Bertz CT molecular complexity index is 1030. The summed E-state index contributed by atoms with van der Waals surface area (Å²) in [7, 11) is 1.61. The summed E-state index contributed by atoms with van der Waals surface area (Å²) >= 11 is 0. The highest BCUT2D eigenvalue weighted by atomic mass is 16.5. The molecule has 3 aromatic rings. The van der Waals surface area contributed by atoms with E-state index in [0.29, 0.717) is 24.3 Å². The number of nitrogens with zero attached hydrogens (tertiary/aromatic N) is 3. The van der Waals surface area contributed by atoms with Crippen LogP contribution in [0.3, 0.4) is 0 Å². The van der Waals surface area contributed by atoms with E-state index in [0.717, 1.165) is 23.4 Å². The van der Waals surface area contributed by atoms with E-state index in [-0.39, 0.29) is 5.91 Å². The molecule has 0 aliphatic carbocycles. The number of rotatable bonds is 3. The molecule has 0 saturated heterocycles. The molecule has 5 heteroatoms. The number of carbonyl (C=O) groups excluding carboxylic acids is 1. The number of ether oxygens (including phenoxy) is 1. The lowest BCUT2D eigenvalue weighted by Gasteiger charge is -2.29. The van der Waals surface area contributed by atoms with Crippen LogP contribution in [0.4, 0.5) is 0 Å². The highest BCUT2D eigenvalue weighted by Gasteiger charge is 2.26. The monoisotopic (exact) mass is 357 g/mol. The maximum absolute atomic E-state index is 13.3. The van der Waals surface area contributed by atoms with Gasteiger partial charge in [-0.25, -0.2) is 0 Å². The van der Waals surface area contributed by atoms with Crippen molar-refractivity contribution in [3.05, 3.63) is 83.2 Å². The normalized spacial score (nSPS) is 13.0. The molecule has 0 atom stereocenters. The molecule has 2 heterocycles. The average Bonchev–Trinajstić information content (AvgIpc) is 3.17. The first-order valence-electron chi connectivity index (χ1n) is 8.83. The number of methoxy groups -OCH3 is 1. The molecule has 1 aliphatic rings. The van der Waals surface area contributed by atoms with Crippen LogP contribution < -0.4 is 4.74 Å². The minimum atomic E-state index is -0.123. The van der Waals surface area contributed by atoms with Crippen LogP contribution in [0.1, 0.15) is 27.2 Å². The molecule has 0 saturated carbocycles. The number of aromatic nitrogens is 1. The van der Waals surface area contributed by atoms with Crippen LogP contribution >= 0.6 is 0 Å². The van der Waals surface area contributed by atoms with Crippen LogP contribution in [-0.2, 0) is 13.0 Å². The fourth-order valence-corrected chi connectivity index (χ4v) is 3.52. The van der Waals surface area contributed by atoms with Crippen LogP contribution in [0.15, 0.2) is 60.8 Å². The standard InChI is InChI=1S/C22H19N3O2/c1-27-20-8-6-19(7-9-20)25-13-11-17(14-23)21(25)22(26)24-12-10-16-4-2-3-5-18(16)15-24/h2-9,11,13H,10,12,15H2,1H3. The number of benzene rings is 2. The fraction of sp³-hybridized carbons (Fsp3) is 0.182. The zero-order valence-electron chi connectivity index (χ0n) is 15.1. The van der Waals surface area contributed by atoms with Gasteiger partial charge in [-0.3, -0.25) is 4.79 Å². The number of carbonyl (C=O) groups is 1. The molecule has 2 aromatic carbocycles. The second-order valence-corrected chi connectivity index (χ2v) is 6.50. The largest absolute Gasteiger partial charge is 0.497 e. The van der Waals surface area contributed by atoms with Gasteiger partial charge in [-0.15, -0.1) is 0 Å². The van der Waals surface area contributed by atoms with Gasteiger partial charge in [0, 0.05) is 25.0 Å². The van der Waals surface area contributed by atoms with Crippen molar-refractivity contribution >= 4 is 5.91 Å². The van der Waals surface area contributed by atoms with Crippen molar-refractivity contribution in [3.63, 3.8) is 0 Å². The predicted molar refractivity (Wildman–Crippen MR) is 102 cm³/mol. The summed E-state index contributed by atoms with van der Waals surface area (Å²) < 4.78 is 6.98. The summed E-state index contributed by atoms with van der Waals surface area (Å²) in [5, 5.41) is 9.51. The lowest BCUT2D eigenvalue weighted by atomic mass is 9.99. The molecule has 1 aliphatic heterocycles. The Morgan fingerprint density at radius 3 is 2.52 bits per heavy atom. The maximum Gasteiger partial charge on any atom is 0.272 e. The van der Waals surface area contributed by atoms with E-state index in [4.69, 9.17) is 4.74 Å². The second kappa shape index (κ2) is 7.00. The lowest BCUT2D eigenvalue weighted by Crippen LogP contribution is -2.37. The van der Waals surface area contributed by atoms with Crippen LogP contribution in [0.25, 0.3) is 5.69 Å². The van der Waals surface area contributed by atoms with Gasteiger partial charge in [-0.1, -0.05) is 24.3 Å². The predicted octanol–water partition coefficient (Wildman–Crippen LogP) is 3.56. The van der Waals surface area contributed by atoms with Gasteiger partial charge in [0.25, 0.3) is 5.91 Å². The number of hydrogen-bond acceptors (Lipinski definition) is 3. The van der Waals surface area contributed by atoms with Crippen molar-refractivity contribution in [2.24, 2.45) is 0 Å². The Labute approximate surface area is 158 Å². The van der Waals surface area contributed by atoms with E-state index in [1.165, 1.54) is 5.56 Å². The second-order valence-electron chi connectivity index (χ2n) is 6.50. The summed E-state index contributed by atoms with van der Waals surface area (Å²) in [6.07, 6.45) is 2.60. The molecule has 4 rings (SSSR count). The Morgan fingerprint density at radius 2 is 1.81 bits per heavy atom.